The van der Waals surface area contributed by atoms with E-state index in [-0.39, 0.29) is 24.7 Å². The minimum Gasteiger partial charge on any atom is -0.326 e. The highest BCUT2D eigenvalue weighted by molar-refractivity contribution is 6.23. The van der Waals surface area contributed by atoms with Crippen LogP contribution in [0.5, 0.6) is 0 Å². The van der Waals surface area contributed by atoms with Crippen molar-refractivity contribution >= 4 is 11.6 Å². The Hall–Kier alpha value is -1.26. The van der Waals surface area contributed by atoms with Gasteiger partial charge in [0.25, 0.3) is 0 Å². The van der Waals surface area contributed by atoms with Gasteiger partial charge in [-0.15, -0.1) is 0 Å². The Kier molecular flexibility index (Phi) is 14.0. The van der Waals surface area contributed by atoms with Crippen LogP contribution in [0.2, 0.25) is 0 Å². The van der Waals surface area contributed by atoms with Crippen molar-refractivity contribution in [1.29, 1.82) is 0 Å². The highest BCUT2D eigenvalue weighted by atomic mass is 16.1. The Morgan fingerprint density at radius 1 is 0.688 bits per heavy atom. The van der Waals surface area contributed by atoms with Gasteiger partial charge >= 0.3 is 0 Å². The molecule has 0 bridgehead atoms. The van der Waals surface area contributed by atoms with E-state index in [0.29, 0.717) is 29.1 Å². The van der Waals surface area contributed by atoms with Gasteiger partial charge in [-0.1, -0.05) is 98.8 Å². The predicted molar refractivity (Wildman–Crippen MR) is 136 cm³/mol. The van der Waals surface area contributed by atoms with E-state index in [1.807, 2.05) is 0 Å². The molecule has 4 N–H and O–H groups in total. The SMILES string of the molecule is CCC(C)CCCC(C)CCCC(C)CCCC(C)CC1=C(CN)C(=O)C=C(CN)C1=O. The zero-order valence-corrected chi connectivity index (χ0v) is 21.6. The van der Waals surface area contributed by atoms with Crippen molar-refractivity contribution in [2.24, 2.45) is 35.1 Å². The van der Waals surface area contributed by atoms with Crippen LogP contribution in [0.1, 0.15) is 105 Å². The summed E-state index contributed by atoms with van der Waals surface area (Å²) in [6.45, 7) is 11.8. The number of hydrogen-bond donors (Lipinski definition) is 2. The van der Waals surface area contributed by atoms with Crippen molar-refractivity contribution in [1.82, 2.24) is 0 Å². The first-order chi connectivity index (χ1) is 15.2. The summed E-state index contributed by atoms with van der Waals surface area (Å²) in [6, 6.07) is 0. The van der Waals surface area contributed by atoms with Crippen molar-refractivity contribution in [3.63, 3.8) is 0 Å². The third-order valence-corrected chi connectivity index (χ3v) is 7.39. The van der Waals surface area contributed by atoms with Gasteiger partial charge in [-0.2, -0.15) is 0 Å². The van der Waals surface area contributed by atoms with E-state index in [9.17, 15) is 9.59 Å². The van der Waals surface area contributed by atoms with Crippen LogP contribution in [0, 0.1) is 23.7 Å². The third-order valence-electron chi connectivity index (χ3n) is 7.39. The predicted octanol–water partition coefficient (Wildman–Crippen LogP) is 6.13. The van der Waals surface area contributed by atoms with Gasteiger partial charge in [0, 0.05) is 29.8 Å². The normalized spacial score (nSPS) is 18.5. The molecule has 184 valence electrons. The number of carbonyl (C=O) groups is 2. The summed E-state index contributed by atoms with van der Waals surface area (Å²) in [5.41, 5.74) is 12.9. The average Bonchev–Trinajstić information content (AvgIpc) is 2.75. The number of Topliss-reactive ketones (excluding diaryl/α,β-unsaturated/α-hetero) is 1. The van der Waals surface area contributed by atoms with Gasteiger partial charge in [-0.25, -0.2) is 0 Å². The second-order valence-corrected chi connectivity index (χ2v) is 10.6. The maximum Gasteiger partial charge on any atom is 0.186 e. The summed E-state index contributed by atoms with van der Waals surface area (Å²) in [5, 5.41) is 0. The molecule has 0 heterocycles. The molecule has 0 radical (unpaired) electrons. The number of rotatable bonds is 17. The molecule has 0 spiro atoms. The van der Waals surface area contributed by atoms with Gasteiger partial charge < -0.3 is 11.5 Å². The van der Waals surface area contributed by atoms with Crippen LogP contribution in [0.25, 0.3) is 0 Å². The van der Waals surface area contributed by atoms with Gasteiger partial charge in [0.2, 0.25) is 0 Å². The standard InChI is InChI=1S/C28H50N2O2/c1-6-20(2)10-7-11-21(3)12-8-13-22(4)14-9-15-23(5)16-25-26(19-30)27(31)17-24(18-29)28(25)32/h17,20-23H,6-16,18-19,29-30H2,1-5H3. The molecule has 0 aromatic carbocycles. The van der Waals surface area contributed by atoms with Crippen molar-refractivity contribution in [3.05, 3.63) is 22.8 Å². The fourth-order valence-electron chi connectivity index (χ4n) is 4.77. The van der Waals surface area contributed by atoms with Crippen LogP contribution in [0.3, 0.4) is 0 Å². The van der Waals surface area contributed by atoms with E-state index >= 15 is 0 Å². The molecule has 1 rings (SSSR count). The molecule has 1 aliphatic carbocycles. The monoisotopic (exact) mass is 446 g/mol. The van der Waals surface area contributed by atoms with Gasteiger partial charge in [-0.3, -0.25) is 9.59 Å². The molecule has 0 aliphatic heterocycles. The molecular weight excluding hydrogens is 396 g/mol. The first-order valence-corrected chi connectivity index (χ1v) is 13.1. The van der Waals surface area contributed by atoms with E-state index in [2.05, 4.69) is 34.6 Å². The quantitative estimate of drug-likeness (QED) is 0.263. The zero-order valence-electron chi connectivity index (χ0n) is 21.6. The number of hydrogen-bond acceptors (Lipinski definition) is 4. The lowest BCUT2D eigenvalue weighted by atomic mass is 9.83. The van der Waals surface area contributed by atoms with Crippen molar-refractivity contribution < 1.29 is 9.59 Å². The molecule has 4 unspecified atom stereocenters. The number of ketones is 2. The molecule has 4 nitrogen and oxygen atoms in total. The molecule has 0 saturated heterocycles. The van der Waals surface area contributed by atoms with Crippen LogP contribution >= 0.6 is 0 Å². The Morgan fingerprint density at radius 3 is 1.59 bits per heavy atom. The lowest BCUT2D eigenvalue weighted by Crippen LogP contribution is -2.27. The van der Waals surface area contributed by atoms with Crippen LogP contribution in [-0.2, 0) is 9.59 Å². The average molecular weight is 447 g/mol. The summed E-state index contributed by atoms with van der Waals surface area (Å²) < 4.78 is 0. The molecule has 4 atom stereocenters. The molecule has 0 aromatic rings. The van der Waals surface area contributed by atoms with E-state index in [0.717, 1.165) is 24.2 Å². The van der Waals surface area contributed by atoms with Gasteiger partial charge in [0.15, 0.2) is 11.6 Å². The number of nitrogens with two attached hydrogens (primary N) is 2. The van der Waals surface area contributed by atoms with Gasteiger partial charge in [-0.05, 0) is 36.2 Å². The van der Waals surface area contributed by atoms with Crippen LogP contribution in [-0.4, -0.2) is 24.7 Å². The number of carbonyl (C=O) groups excluding carboxylic acids is 2. The van der Waals surface area contributed by atoms with Crippen LogP contribution in [0.4, 0.5) is 0 Å². The van der Waals surface area contributed by atoms with Crippen LogP contribution < -0.4 is 11.5 Å². The molecule has 1 aliphatic rings. The highest BCUT2D eigenvalue weighted by Gasteiger charge is 2.27. The fraction of sp³-hybridized carbons (Fsp3) is 0.786. The van der Waals surface area contributed by atoms with Crippen molar-refractivity contribution in [2.45, 2.75) is 105 Å². The van der Waals surface area contributed by atoms with Gasteiger partial charge in [0.1, 0.15) is 0 Å². The Bertz CT molecular complexity index is 650. The smallest absolute Gasteiger partial charge is 0.186 e. The highest BCUT2D eigenvalue weighted by Crippen LogP contribution is 2.28. The summed E-state index contributed by atoms with van der Waals surface area (Å²) >= 11 is 0. The third kappa shape index (κ3) is 10.1. The largest absolute Gasteiger partial charge is 0.326 e. The maximum atomic E-state index is 12.7. The molecule has 32 heavy (non-hydrogen) atoms. The van der Waals surface area contributed by atoms with E-state index in [1.165, 1.54) is 63.9 Å². The van der Waals surface area contributed by atoms with Crippen molar-refractivity contribution in [3.8, 4) is 0 Å². The van der Waals surface area contributed by atoms with E-state index in [4.69, 9.17) is 11.5 Å². The summed E-state index contributed by atoms with van der Waals surface area (Å²) in [7, 11) is 0. The molecule has 0 aromatic heterocycles. The molecule has 0 fully saturated rings. The van der Waals surface area contributed by atoms with E-state index < -0.39 is 0 Å². The maximum absolute atomic E-state index is 12.7. The molecule has 4 heteroatoms. The zero-order chi connectivity index (χ0) is 24.1. The first kappa shape index (κ1) is 28.8. The second kappa shape index (κ2) is 15.6. The minimum atomic E-state index is -0.141. The topological polar surface area (TPSA) is 86.2 Å². The molecule has 0 amide bonds. The lowest BCUT2D eigenvalue weighted by molar-refractivity contribution is -0.116. The first-order valence-electron chi connectivity index (χ1n) is 13.1. The van der Waals surface area contributed by atoms with Crippen LogP contribution in [0.15, 0.2) is 22.8 Å². The summed E-state index contributed by atoms with van der Waals surface area (Å²) in [6.07, 6.45) is 14.9. The summed E-state index contributed by atoms with van der Waals surface area (Å²) in [5.74, 6) is 2.61. The molecular formula is C28H50N2O2. The Morgan fingerprint density at radius 2 is 1.16 bits per heavy atom. The fourth-order valence-corrected chi connectivity index (χ4v) is 4.77. The Labute approximate surface area is 197 Å². The minimum absolute atomic E-state index is 0.0777. The van der Waals surface area contributed by atoms with Gasteiger partial charge in [0.05, 0.1) is 0 Å². The number of allylic oxidation sites excluding steroid dienone is 2. The summed E-state index contributed by atoms with van der Waals surface area (Å²) in [4.78, 5) is 24.9. The van der Waals surface area contributed by atoms with Crippen molar-refractivity contribution in [2.75, 3.05) is 13.1 Å². The Balaban J connectivity index is 2.30. The second-order valence-electron chi connectivity index (χ2n) is 10.6. The molecule has 0 saturated carbocycles. The lowest BCUT2D eigenvalue weighted by Gasteiger charge is -2.21. The van der Waals surface area contributed by atoms with E-state index in [1.54, 1.807) is 0 Å².